The lowest BCUT2D eigenvalue weighted by Gasteiger charge is -2.25. The van der Waals surface area contributed by atoms with Gasteiger partial charge in [0.1, 0.15) is 17.3 Å². The first kappa shape index (κ1) is 20.3. The standard InChI is InChI=1S/C24H19FN2O4/c1-14-5-6-17(12-19(14)25)22(29)20-21(16-3-2-4-18(28)11-16)27(24(31)23(20)30)13-15-7-9-26-10-8-15/h2-12,21,28-29H,13H2,1H3/t21-/m1/s1. The molecule has 2 aromatic carbocycles. The number of aromatic hydroxyl groups is 1. The van der Waals surface area contributed by atoms with E-state index in [1.54, 1.807) is 43.6 Å². The van der Waals surface area contributed by atoms with Gasteiger partial charge in [0.2, 0.25) is 0 Å². The van der Waals surface area contributed by atoms with Gasteiger partial charge in [-0.25, -0.2) is 4.39 Å². The molecule has 1 amide bonds. The number of hydrogen-bond acceptors (Lipinski definition) is 5. The minimum absolute atomic E-state index is 0.0478. The molecule has 0 saturated carbocycles. The second-order valence-electron chi connectivity index (χ2n) is 7.34. The molecule has 1 aliphatic rings. The summed E-state index contributed by atoms with van der Waals surface area (Å²) in [5, 5.41) is 20.9. The van der Waals surface area contributed by atoms with Crippen molar-refractivity contribution >= 4 is 17.4 Å². The topological polar surface area (TPSA) is 90.7 Å². The molecule has 0 bridgehead atoms. The van der Waals surface area contributed by atoms with Gasteiger partial charge in [-0.15, -0.1) is 0 Å². The van der Waals surface area contributed by atoms with Crippen LogP contribution in [0, 0.1) is 12.7 Å². The van der Waals surface area contributed by atoms with Crippen LogP contribution < -0.4 is 0 Å². The van der Waals surface area contributed by atoms with E-state index in [0.717, 1.165) is 11.6 Å². The maximum atomic E-state index is 14.1. The maximum Gasteiger partial charge on any atom is 0.295 e. The number of benzene rings is 2. The van der Waals surface area contributed by atoms with Crippen LogP contribution in [0.2, 0.25) is 0 Å². The van der Waals surface area contributed by atoms with Gasteiger partial charge in [0.15, 0.2) is 0 Å². The van der Waals surface area contributed by atoms with Crippen LogP contribution in [0.25, 0.3) is 5.76 Å². The molecule has 0 spiro atoms. The van der Waals surface area contributed by atoms with Crippen molar-refractivity contribution in [3.05, 3.63) is 101 Å². The monoisotopic (exact) mass is 418 g/mol. The Morgan fingerprint density at radius 3 is 2.52 bits per heavy atom. The number of aliphatic hydroxyl groups excluding tert-OH is 1. The number of likely N-dealkylation sites (tertiary alicyclic amines) is 1. The summed E-state index contributed by atoms with van der Waals surface area (Å²) in [5.74, 6) is -2.72. The third kappa shape index (κ3) is 3.77. The number of Topliss-reactive ketones (excluding diaryl/α,β-unsaturated/α-hetero) is 1. The van der Waals surface area contributed by atoms with E-state index in [0.29, 0.717) is 11.1 Å². The molecular formula is C24H19FN2O4. The number of nitrogens with zero attached hydrogens (tertiary/aromatic N) is 2. The van der Waals surface area contributed by atoms with E-state index in [2.05, 4.69) is 4.98 Å². The number of pyridine rings is 1. The maximum absolute atomic E-state index is 14.1. The van der Waals surface area contributed by atoms with Gasteiger partial charge < -0.3 is 15.1 Å². The lowest BCUT2D eigenvalue weighted by molar-refractivity contribution is -0.140. The van der Waals surface area contributed by atoms with Crippen molar-refractivity contribution in [2.24, 2.45) is 0 Å². The molecule has 1 aliphatic heterocycles. The number of carbonyl (C=O) groups excluding carboxylic acids is 2. The van der Waals surface area contributed by atoms with Crippen LogP contribution in [-0.2, 0) is 16.1 Å². The molecule has 3 aromatic rings. The van der Waals surface area contributed by atoms with Crippen molar-refractivity contribution in [2.45, 2.75) is 19.5 Å². The Balaban J connectivity index is 1.88. The summed E-state index contributed by atoms with van der Waals surface area (Å²) in [7, 11) is 0. The normalized spacial score (nSPS) is 17.9. The second kappa shape index (κ2) is 8.02. The van der Waals surface area contributed by atoms with Gasteiger partial charge in [-0.05, 0) is 53.9 Å². The van der Waals surface area contributed by atoms with Gasteiger partial charge in [-0.1, -0.05) is 24.3 Å². The van der Waals surface area contributed by atoms with E-state index in [-0.39, 0.29) is 23.4 Å². The largest absolute Gasteiger partial charge is 0.508 e. The highest BCUT2D eigenvalue weighted by Crippen LogP contribution is 2.41. The molecule has 2 heterocycles. The molecule has 2 N–H and O–H groups in total. The van der Waals surface area contributed by atoms with Gasteiger partial charge in [-0.3, -0.25) is 14.6 Å². The third-order valence-corrected chi connectivity index (χ3v) is 5.27. The molecular weight excluding hydrogens is 399 g/mol. The van der Waals surface area contributed by atoms with E-state index < -0.39 is 29.3 Å². The minimum atomic E-state index is -0.954. The van der Waals surface area contributed by atoms with Crippen LogP contribution in [0.3, 0.4) is 0 Å². The Morgan fingerprint density at radius 2 is 1.84 bits per heavy atom. The Bertz CT molecular complexity index is 1210. The molecule has 1 fully saturated rings. The predicted octanol–water partition coefficient (Wildman–Crippen LogP) is 3.86. The number of hydrogen-bond donors (Lipinski definition) is 2. The Kier molecular flexibility index (Phi) is 5.25. The molecule has 31 heavy (non-hydrogen) atoms. The van der Waals surface area contributed by atoms with E-state index in [1.807, 2.05) is 0 Å². The van der Waals surface area contributed by atoms with Crippen LogP contribution in [-0.4, -0.2) is 31.8 Å². The zero-order chi connectivity index (χ0) is 22.1. The van der Waals surface area contributed by atoms with Gasteiger partial charge in [0, 0.05) is 24.5 Å². The molecule has 4 rings (SSSR count). The van der Waals surface area contributed by atoms with Crippen molar-refractivity contribution < 1.29 is 24.2 Å². The average Bonchev–Trinajstić information content (AvgIpc) is 3.01. The summed E-state index contributed by atoms with van der Waals surface area (Å²) in [4.78, 5) is 31.2. The van der Waals surface area contributed by atoms with Crippen molar-refractivity contribution in [3.8, 4) is 5.75 Å². The number of rotatable bonds is 4. The summed E-state index contributed by atoms with van der Waals surface area (Å²) in [6.45, 7) is 1.67. The summed E-state index contributed by atoms with van der Waals surface area (Å²) in [6.07, 6.45) is 3.15. The summed E-state index contributed by atoms with van der Waals surface area (Å²) in [5.41, 5.74) is 1.51. The van der Waals surface area contributed by atoms with E-state index in [4.69, 9.17) is 0 Å². The quantitative estimate of drug-likeness (QED) is 0.382. The lowest BCUT2D eigenvalue weighted by Crippen LogP contribution is -2.29. The van der Waals surface area contributed by atoms with Crippen LogP contribution in [0.4, 0.5) is 4.39 Å². The van der Waals surface area contributed by atoms with Crippen LogP contribution in [0.1, 0.15) is 28.3 Å². The first-order valence-electron chi connectivity index (χ1n) is 9.59. The SMILES string of the molecule is Cc1ccc(C(O)=C2C(=O)C(=O)N(Cc3ccncc3)[C@@H]2c2cccc(O)c2)cc1F. The molecule has 1 aromatic heterocycles. The number of phenolic OH excluding ortho intramolecular Hbond substituents is 1. The third-order valence-electron chi connectivity index (χ3n) is 5.27. The fraction of sp³-hybridized carbons (Fsp3) is 0.125. The highest BCUT2D eigenvalue weighted by molar-refractivity contribution is 6.46. The fourth-order valence-corrected chi connectivity index (χ4v) is 3.67. The predicted molar refractivity (Wildman–Crippen MR) is 111 cm³/mol. The molecule has 1 saturated heterocycles. The molecule has 1 atom stereocenters. The Hall–Kier alpha value is -4.00. The molecule has 7 heteroatoms. The number of aromatic nitrogens is 1. The van der Waals surface area contributed by atoms with Crippen molar-refractivity contribution in [2.75, 3.05) is 0 Å². The molecule has 6 nitrogen and oxygen atoms in total. The highest BCUT2D eigenvalue weighted by Gasteiger charge is 2.46. The zero-order valence-corrected chi connectivity index (χ0v) is 16.6. The number of aliphatic hydroxyl groups is 1. The first-order chi connectivity index (χ1) is 14.9. The number of amides is 1. The second-order valence-corrected chi connectivity index (χ2v) is 7.34. The van der Waals surface area contributed by atoms with E-state index in [1.165, 1.54) is 29.2 Å². The first-order valence-corrected chi connectivity index (χ1v) is 9.59. The highest BCUT2D eigenvalue weighted by atomic mass is 19.1. The summed E-state index contributed by atoms with van der Waals surface area (Å²) < 4.78 is 14.1. The minimum Gasteiger partial charge on any atom is -0.508 e. The molecule has 0 radical (unpaired) electrons. The smallest absolute Gasteiger partial charge is 0.295 e. The van der Waals surface area contributed by atoms with Crippen molar-refractivity contribution in [1.29, 1.82) is 0 Å². The van der Waals surface area contributed by atoms with E-state index in [9.17, 15) is 24.2 Å². The molecule has 0 aliphatic carbocycles. The van der Waals surface area contributed by atoms with Crippen LogP contribution in [0.15, 0.2) is 72.6 Å². The van der Waals surface area contributed by atoms with Gasteiger partial charge in [0.25, 0.3) is 11.7 Å². The number of phenols is 1. The van der Waals surface area contributed by atoms with E-state index >= 15 is 0 Å². The number of aryl methyl sites for hydroxylation is 1. The van der Waals surface area contributed by atoms with Gasteiger partial charge in [0.05, 0.1) is 11.6 Å². The Morgan fingerprint density at radius 1 is 1.10 bits per heavy atom. The van der Waals surface area contributed by atoms with Gasteiger partial charge >= 0.3 is 0 Å². The van der Waals surface area contributed by atoms with Gasteiger partial charge in [-0.2, -0.15) is 0 Å². The average molecular weight is 418 g/mol. The van der Waals surface area contributed by atoms with Crippen LogP contribution >= 0.6 is 0 Å². The zero-order valence-electron chi connectivity index (χ0n) is 16.6. The number of halogens is 1. The molecule has 0 unspecified atom stereocenters. The van der Waals surface area contributed by atoms with Crippen LogP contribution in [0.5, 0.6) is 5.75 Å². The Labute approximate surface area is 177 Å². The fourth-order valence-electron chi connectivity index (χ4n) is 3.67. The number of ketones is 1. The van der Waals surface area contributed by atoms with Crippen molar-refractivity contribution in [3.63, 3.8) is 0 Å². The lowest BCUT2D eigenvalue weighted by atomic mass is 9.94. The summed E-state index contributed by atoms with van der Waals surface area (Å²) in [6, 6.07) is 12.7. The molecule has 156 valence electrons. The summed E-state index contributed by atoms with van der Waals surface area (Å²) >= 11 is 0. The van der Waals surface area contributed by atoms with Crippen molar-refractivity contribution in [1.82, 2.24) is 9.88 Å². The number of carbonyl (C=O) groups is 2.